The van der Waals surface area contributed by atoms with Crippen molar-refractivity contribution in [2.45, 2.75) is 17.9 Å². The normalized spacial score (nSPS) is 12.7. The summed E-state index contributed by atoms with van der Waals surface area (Å²) >= 11 is 0. The molecular formula is C18H21FN2O4S. The molecule has 0 aliphatic carbocycles. The van der Waals surface area contributed by atoms with Crippen LogP contribution in [0.15, 0.2) is 53.4 Å². The van der Waals surface area contributed by atoms with Crippen LogP contribution in [-0.2, 0) is 14.8 Å². The van der Waals surface area contributed by atoms with Crippen LogP contribution in [0.2, 0.25) is 0 Å². The molecule has 0 saturated carbocycles. The van der Waals surface area contributed by atoms with Gasteiger partial charge in [0, 0.05) is 7.05 Å². The summed E-state index contributed by atoms with van der Waals surface area (Å²) in [5.41, 5.74) is 0.901. The Hall–Kier alpha value is -2.45. The second kappa shape index (κ2) is 8.29. The summed E-state index contributed by atoms with van der Waals surface area (Å²) in [6, 6.07) is 12.2. The fourth-order valence-corrected chi connectivity index (χ4v) is 3.71. The van der Waals surface area contributed by atoms with Gasteiger partial charge in [-0.1, -0.05) is 30.3 Å². The van der Waals surface area contributed by atoms with E-state index < -0.39 is 28.3 Å². The number of rotatable bonds is 7. The molecule has 140 valence electrons. The Bertz CT molecular complexity index is 872. The van der Waals surface area contributed by atoms with Crippen LogP contribution in [0, 0.1) is 5.82 Å². The first-order valence-electron chi connectivity index (χ1n) is 7.90. The van der Waals surface area contributed by atoms with Crippen LogP contribution < -0.4 is 10.1 Å². The molecule has 0 fully saturated rings. The van der Waals surface area contributed by atoms with Crippen LogP contribution in [0.3, 0.4) is 0 Å². The average Bonchev–Trinajstić information content (AvgIpc) is 2.62. The highest BCUT2D eigenvalue weighted by Crippen LogP contribution is 2.26. The summed E-state index contributed by atoms with van der Waals surface area (Å²) < 4.78 is 44.6. The number of hydrogen-bond donors (Lipinski definition) is 1. The number of methoxy groups -OCH3 is 1. The van der Waals surface area contributed by atoms with Gasteiger partial charge in [0.2, 0.25) is 15.9 Å². The second-order valence-electron chi connectivity index (χ2n) is 5.76. The Morgan fingerprint density at radius 2 is 1.88 bits per heavy atom. The van der Waals surface area contributed by atoms with E-state index in [0.717, 1.165) is 22.0 Å². The number of nitrogens with one attached hydrogen (secondary N) is 1. The highest BCUT2D eigenvalue weighted by atomic mass is 32.2. The molecule has 2 aromatic carbocycles. The number of amides is 1. The van der Waals surface area contributed by atoms with E-state index in [1.807, 2.05) is 30.3 Å². The smallest absolute Gasteiger partial charge is 0.247 e. The molecule has 0 saturated heterocycles. The number of halogens is 1. The lowest BCUT2D eigenvalue weighted by molar-refractivity contribution is -0.121. The number of ether oxygens (including phenoxy) is 1. The minimum absolute atomic E-state index is 0.0105. The molecule has 1 amide bonds. The van der Waals surface area contributed by atoms with Crippen LogP contribution >= 0.6 is 0 Å². The SMILES string of the molecule is COc1ccc(F)cc1S(=O)(=O)N(C)CC(=O)N[C@@H](C)c1ccccc1. The van der Waals surface area contributed by atoms with Crippen LogP contribution in [0.5, 0.6) is 5.75 Å². The Balaban J connectivity index is 2.12. The molecule has 2 aromatic rings. The zero-order chi connectivity index (χ0) is 19.3. The first-order valence-corrected chi connectivity index (χ1v) is 9.34. The predicted octanol–water partition coefficient (Wildman–Crippen LogP) is 2.33. The van der Waals surface area contributed by atoms with Gasteiger partial charge < -0.3 is 10.1 Å². The largest absolute Gasteiger partial charge is 0.495 e. The Morgan fingerprint density at radius 1 is 1.23 bits per heavy atom. The zero-order valence-corrected chi connectivity index (χ0v) is 15.6. The Kier molecular flexibility index (Phi) is 6.33. The van der Waals surface area contributed by atoms with Crippen molar-refractivity contribution in [3.8, 4) is 5.75 Å². The van der Waals surface area contributed by atoms with Crippen molar-refractivity contribution in [2.24, 2.45) is 0 Å². The van der Waals surface area contributed by atoms with Gasteiger partial charge in [0.05, 0.1) is 19.7 Å². The van der Waals surface area contributed by atoms with E-state index in [1.165, 1.54) is 20.2 Å². The number of sulfonamides is 1. The quantitative estimate of drug-likeness (QED) is 0.800. The number of nitrogens with zero attached hydrogens (tertiary/aromatic N) is 1. The number of hydrogen-bond acceptors (Lipinski definition) is 4. The third kappa shape index (κ3) is 4.59. The molecular weight excluding hydrogens is 359 g/mol. The Morgan fingerprint density at radius 3 is 2.50 bits per heavy atom. The number of carbonyl (C=O) groups excluding carboxylic acids is 1. The third-order valence-corrected chi connectivity index (χ3v) is 5.68. The third-order valence-electron chi connectivity index (χ3n) is 3.86. The van der Waals surface area contributed by atoms with Gasteiger partial charge >= 0.3 is 0 Å². The molecule has 0 aromatic heterocycles. The van der Waals surface area contributed by atoms with Crippen LogP contribution in [0.1, 0.15) is 18.5 Å². The fraction of sp³-hybridized carbons (Fsp3) is 0.278. The summed E-state index contributed by atoms with van der Waals surface area (Å²) in [6.07, 6.45) is 0. The van der Waals surface area contributed by atoms with E-state index >= 15 is 0 Å². The van der Waals surface area contributed by atoms with E-state index in [9.17, 15) is 17.6 Å². The molecule has 0 radical (unpaired) electrons. The first kappa shape index (κ1) is 19.9. The minimum atomic E-state index is -4.09. The lowest BCUT2D eigenvalue weighted by Crippen LogP contribution is -2.39. The number of likely N-dealkylation sites (N-methyl/N-ethyl adjacent to an activating group) is 1. The van der Waals surface area contributed by atoms with Gasteiger partial charge in [-0.15, -0.1) is 0 Å². The van der Waals surface area contributed by atoms with Crippen LogP contribution in [0.25, 0.3) is 0 Å². The molecule has 0 spiro atoms. The van der Waals surface area contributed by atoms with Gasteiger partial charge in [-0.05, 0) is 30.7 Å². The average molecular weight is 380 g/mol. The topological polar surface area (TPSA) is 75.7 Å². The van der Waals surface area contributed by atoms with Gasteiger partial charge in [-0.3, -0.25) is 4.79 Å². The molecule has 6 nitrogen and oxygen atoms in total. The number of carbonyl (C=O) groups is 1. The van der Waals surface area contributed by atoms with Gasteiger partial charge in [-0.2, -0.15) is 4.31 Å². The molecule has 0 aliphatic heterocycles. The van der Waals surface area contributed by atoms with Crippen LogP contribution in [0.4, 0.5) is 4.39 Å². The van der Waals surface area contributed by atoms with Gasteiger partial charge in [-0.25, -0.2) is 12.8 Å². The molecule has 26 heavy (non-hydrogen) atoms. The van der Waals surface area contributed by atoms with E-state index in [2.05, 4.69) is 5.32 Å². The molecule has 2 rings (SSSR count). The van der Waals surface area contributed by atoms with E-state index in [0.29, 0.717) is 0 Å². The number of benzene rings is 2. The molecule has 1 N–H and O–H groups in total. The van der Waals surface area contributed by atoms with Crippen molar-refractivity contribution in [2.75, 3.05) is 20.7 Å². The maximum absolute atomic E-state index is 13.5. The lowest BCUT2D eigenvalue weighted by Gasteiger charge is -2.20. The van der Waals surface area contributed by atoms with Crippen molar-refractivity contribution in [3.05, 3.63) is 59.9 Å². The van der Waals surface area contributed by atoms with Gasteiger partial charge in [0.1, 0.15) is 16.5 Å². The summed E-state index contributed by atoms with van der Waals surface area (Å²) in [7, 11) is -1.54. The predicted molar refractivity (Wildman–Crippen MR) is 95.8 cm³/mol. The standard InChI is InChI=1S/C18H21FN2O4S/c1-13(14-7-5-4-6-8-14)20-18(22)12-21(2)26(23,24)17-11-15(19)9-10-16(17)25-3/h4-11,13H,12H2,1-3H3,(H,20,22)/t13-/m0/s1. The van der Waals surface area contributed by atoms with Crippen molar-refractivity contribution in [1.29, 1.82) is 0 Å². The van der Waals surface area contributed by atoms with E-state index in [1.54, 1.807) is 6.92 Å². The van der Waals surface area contributed by atoms with Gasteiger partial charge in [0.15, 0.2) is 0 Å². The highest BCUT2D eigenvalue weighted by molar-refractivity contribution is 7.89. The molecule has 0 bridgehead atoms. The van der Waals surface area contributed by atoms with Crippen molar-refractivity contribution in [1.82, 2.24) is 9.62 Å². The fourth-order valence-electron chi connectivity index (χ4n) is 2.42. The monoisotopic (exact) mass is 380 g/mol. The molecule has 8 heteroatoms. The summed E-state index contributed by atoms with van der Waals surface area (Å²) in [5.74, 6) is -1.17. The summed E-state index contributed by atoms with van der Waals surface area (Å²) in [5, 5.41) is 2.74. The highest BCUT2D eigenvalue weighted by Gasteiger charge is 2.27. The van der Waals surface area contributed by atoms with Gasteiger partial charge in [0.25, 0.3) is 0 Å². The van der Waals surface area contributed by atoms with Crippen molar-refractivity contribution >= 4 is 15.9 Å². The summed E-state index contributed by atoms with van der Waals surface area (Å²) in [6.45, 7) is 1.40. The van der Waals surface area contributed by atoms with Crippen molar-refractivity contribution < 1.29 is 22.3 Å². The zero-order valence-electron chi connectivity index (χ0n) is 14.8. The van der Waals surface area contributed by atoms with Crippen LogP contribution in [-0.4, -0.2) is 39.3 Å². The second-order valence-corrected chi connectivity index (χ2v) is 7.77. The molecule has 0 unspecified atom stereocenters. The molecule has 0 heterocycles. The lowest BCUT2D eigenvalue weighted by atomic mass is 10.1. The maximum Gasteiger partial charge on any atom is 0.247 e. The van der Waals surface area contributed by atoms with E-state index in [4.69, 9.17) is 4.74 Å². The molecule has 0 aliphatic rings. The summed E-state index contributed by atoms with van der Waals surface area (Å²) in [4.78, 5) is 11.9. The minimum Gasteiger partial charge on any atom is -0.495 e. The van der Waals surface area contributed by atoms with Crippen molar-refractivity contribution in [3.63, 3.8) is 0 Å². The van der Waals surface area contributed by atoms with E-state index in [-0.39, 0.29) is 16.7 Å². The molecule has 1 atom stereocenters. The first-order chi connectivity index (χ1) is 12.3. The Labute approximate surface area is 152 Å². The maximum atomic E-state index is 13.5.